The topological polar surface area (TPSA) is 90.8 Å². The molecule has 162 valence electrons. The number of carbonyl (C=O) groups is 2. The van der Waals surface area contributed by atoms with Crippen molar-refractivity contribution in [2.75, 3.05) is 27.9 Å². The largest absolute Gasteiger partial charge is 0.493 e. The molecule has 1 amide bonds. The number of aromatic nitrogens is 2. The van der Waals surface area contributed by atoms with Gasteiger partial charge in [-0.1, -0.05) is 6.07 Å². The highest BCUT2D eigenvalue weighted by Gasteiger charge is 2.16. The first kappa shape index (κ1) is 22.0. The Morgan fingerprint density at radius 1 is 0.903 bits per heavy atom. The van der Waals surface area contributed by atoms with Crippen molar-refractivity contribution in [2.24, 2.45) is 0 Å². The van der Waals surface area contributed by atoms with E-state index < -0.39 is 5.97 Å². The van der Waals surface area contributed by atoms with Crippen LogP contribution in [-0.2, 0) is 16.1 Å². The van der Waals surface area contributed by atoms with E-state index in [2.05, 4.69) is 9.97 Å². The molecule has 0 unspecified atom stereocenters. The molecule has 0 saturated carbocycles. The van der Waals surface area contributed by atoms with Crippen molar-refractivity contribution in [3.8, 4) is 11.5 Å². The predicted molar refractivity (Wildman–Crippen MR) is 115 cm³/mol. The summed E-state index contributed by atoms with van der Waals surface area (Å²) in [5.74, 6) is 0.279. The molecule has 0 bridgehead atoms. The third-order valence-electron chi connectivity index (χ3n) is 4.93. The average molecular weight is 423 g/mol. The van der Waals surface area contributed by atoms with E-state index in [1.165, 1.54) is 4.90 Å². The molecule has 31 heavy (non-hydrogen) atoms. The number of hydrogen-bond donors (Lipinski definition) is 0. The maximum Gasteiger partial charge on any atom is 0.338 e. The molecule has 0 aliphatic heterocycles. The van der Waals surface area contributed by atoms with Gasteiger partial charge in [0.05, 0.1) is 42.2 Å². The highest BCUT2D eigenvalue weighted by atomic mass is 16.5. The van der Waals surface area contributed by atoms with Gasteiger partial charge in [0, 0.05) is 13.6 Å². The lowest BCUT2D eigenvalue weighted by Crippen LogP contribution is -2.30. The number of likely N-dealkylation sites (N-methyl/N-ethyl adjacent to an activating group) is 1. The molecule has 8 nitrogen and oxygen atoms in total. The first-order chi connectivity index (χ1) is 14.8. The van der Waals surface area contributed by atoms with Gasteiger partial charge in [0.1, 0.15) is 0 Å². The number of fused-ring (bicyclic) bond motifs is 1. The van der Waals surface area contributed by atoms with Crippen molar-refractivity contribution in [3.63, 3.8) is 0 Å². The van der Waals surface area contributed by atoms with Crippen LogP contribution in [0.1, 0.15) is 27.3 Å². The summed E-state index contributed by atoms with van der Waals surface area (Å²) in [5, 5.41) is 0. The second-order valence-corrected chi connectivity index (χ2v) is 7.11. The first-order valence-corrected chi connectivity index (χ1v) is 9.69. The minimum Gasteiger partial charge on any atom is -0.493 e. The van der Waals surface area contributed by atoms with Crippen LogP contribution in [0.15, 0.2) is 36.4 Å². The van der Waals surface area contributed by atoms with Crippen LogP contribution in [0, 0.1) is 13.8 Å². The van der Waals surface area contributed by atoms with Gasteiger partial charge >= 0.3 is 5.97 Å². The van der Waals surface area contributed by atoms with Crippen molar-refractivity contribution in [2.45, 2.75) is 20.4 Å². The molecule has 0 saturated heterocycles. The van der Waals surface area contributed by atoms with Gasteiger partial charge in [-0.2, -0.15) is 0 Å². The summed E-state index contributed by atoms with van der Waals surface area (Å²) in [6.45, 7) is 3.72. The van der Waals surface area contributed by atoms with E-state index in [0.717, 1.165) is 17.0 Å². The highest BCUT2D eigenvalue weighted by Crippen LogP contribution is 2.28. The van der Waals surface area contributed by atoms with E-state index in [0.29, 0.717) is 34.6 Å². The molecule has 0 aliphatic carbocycles. The van der Waals surface area contributed by atoms with Crippen LogP contribution in [0.3, 0.4) is 0 Å². The first-order valence-electron chi connectivity index (χ1n) is 9.69. The molecule has 0 radical (unpaired) electrons. The van der Waals surface area contributed by atoms with E-state index in [9.17, 15) is 9.59 Å². The number of benzene rings is 2. The Labute approximate surface area is 180 Å². The Bertz CT molecular complexity index is 1130. The van der Waals surface area contributed by atoms with Gasteiger partial charge < -0.3 is 19.1 Å². The zero-order valence-electron chi connectivity index (χ0n) is 18.3. The summed E-state index contributed by atoms with van der Waals surface area (Å²) in [6, 6.07) is 10.4. The molecule has 1 heterocycles. The van der Waals surface area contributed by atoms with E-state index in [1.807, 2.05) is 19.9 Å². The number of hydrogen-bond acceptors (Lipinski definition) is 7. The maximum atomic E-state index is 12.4. The van der Waals surface area contributed by atoms with Crippen molar-refractivity contribution >= 4 is 22.9 Å². The lowest BCUT2D eigenvalue weighted by molar-refractivity contribution is -0.133. The van der Waals surface area contributed by atoms with Crippen LogP contribution >= 0.6 is 0 Å². The van der Waals surface area contributed by atoms with Crippen LogP contribution < -0.4 is 9.47 Å². The van der Waals surface area contributed by atoms with E-state index >= 15 is 0 Å². The molecular formula is C23H25N3O5. The Kier molecular flexibility index (Phi) is 6.69. The maximum absolute atomic E-state index is 12.4. The van der Waals surface area contributed by atoms with Gasteiger partial charge in [0.25, 0.3) is 5.91 Å². The molecule has 3 rings (SSSR count). The Balaban J connectivity index is 1.61. The van der Waals surface area contributed by atoms with Crippen LogP contribution in [0.2, 0.25) is 0 Å². The Morgan fingerprint density at radius 3 is 2.26 bits per heavy atom. The molecule has 3 aromatic rings. The standard InChI is InChI=1S/C23H25N3O5/c1-14-15(2)25-19-11-17(7-8-18(19)24-14)23(28)31-13-22(27)26(3)12-16-6-9-20(29-4)21(10-16)30-5/h6-11H,12-13H2,1-5H3. The number of nitrogens with zero attached hydrogens (tertiary/aromatic N) is 3. The Morgan fingerprint density at radius 2 is 1.58 bits per heavy atom. The number of rotatable bonds is 7. The van der Waals surface area contributed by atoms with Gasteiger partial charge in [-0.25, -0.2) is 14.8 Å². The number of ether oxygens (including phenoxy) is 3. The third-order valence-corrected chi connectivity index (χ3v) is 4.93. The minimum absolute atomic E-state index is 0.320. The van der Waals surface area contributed by atoms with Crippen molar-refractivity contribution in [3.05, 3.63) is 58.9 Å². The van der Waals surface area contributed by atoms with Crippen molar-refractivity contribution in [1.82, 2.24) is 14.9 Å². The summed E-state index contributed by atoms with van der Waals surface area (Å²) in [7, 11) is 4.76. The van der Waals surface area contributed by atoms with Gasteiger partial charge in [0.2, 0.25) is 0 Å². The summed E-state index contributed by atoms with van der Waals surface area (Å²) in [5.41, 5.74) is 4.12. The fourth-order valence-corrected chi connectivity index (χ4v) is 3.02. The van der Waals surface area contributed by atoms with Gasteiger partial charge in [-0.3, -0.25) is 4.79 Å². The molecular weight excluding hydrogens is 398 g/mol. The summed E-state index contributed by atoms with van der Waals surface area (Å²) < 4.78 is 15.7. The molecule has 0 spiro atoms. The fraction of sp³-hybridized carbons (Fsp3) is 0.304. The summed E-state index contributed by atoms with van der Waals surface area (Å²) >= 11 is 0. The SMILES string of the molecule is COc1ccc(CN(C)C(=O)COC(=O)c2ccc3nc(C)c(C)nc3c2)cc1OC. The predicted octanol–water partition coefficient (Wildman–Crippen LogP) is 3.08. The second-order valence-electron chi connectivity index (χ2n) is 7.11. The number of aryl methyl sites for hydroxylation is 2. The van der Waals surface area contributed by atoms with E-state index in [1.54, 1.807) is 51.6 Å². The summed E-state index contributed by atoms with van der Waals surface area (Å²) in [6.07, 6.45) is 0. The van der Waals surface area contributed by atoms with Gasteiger partial charge in [0.15, 0.2) is 18.1 Å². The quantitative estimate of drug-likeness (QED) is 0.539. The number of carbonyl (C=O) groups excluding carboxylic acids is 2. The summed E-state index contributed by atoms with van der Waals surface area (Å²) in [4.78, 5) is 35.2. The van der Waals surface area contributed by atoms with E-state index in [-0.39, 0.29) is 12.5 Å². The normalized spacial score (nSPS) is 10.6. The van der Waals surface area contributed by atoms with Crippen LogP contribution in [0.25, 0.3) is 11.0 Å². The smallest absolute Gasteiger partial charge is 0.338 e. The monoisotopic (exact) mass is 423 g/mol. The number of esters is 1. The minimum atomic E-state index is -0.588. The highest BCUT2D eigenvalue weighted by molar-refractivity contribution is 5.94. The van der Waals surface area contributed by atoms with Gasteiger partial charge in [-0.15, -0.1) is 0 Å². The second kappa shape index (κ2) is 9.42. The Hall–Kier alpha value is -3.68. The van der Waals surface area contributed by atoms with Gasteiger partial charge in [-0.05, 0) is 49.7 Å². The average Bonchev–Trinajstić information content (AvgIpc) is 2.77. The van der Waals surface area contributed by atoms with Crippen molar-refractivity contribution < 1.29 is 23.8 Å². The number of methoxy groups -OCH3 is 2. The zero-order chi connectivity index (χ0) is 22.5. The molecule has 0 fully saturated rings. The third kappa shape index (κ3) is 5.09. The lowest BCUT2D eigenvalue weighted by atomic mass is 10.2. The molecule has 0 aliphatic rings. The molecule has 0 N–H and O–H groups in total. The lowest BCUT2D eigenvalue weighted by Gasteiger charge is -2.18. The molecule has 8 heteroatoms. The number of amides is 1. The van der Waals surface area contributed by atoms with Crippen molar-refractivity contribution in [1.29, 1.82) is 0 Å². The van der Waals surface area contributed by atoms with Crippen LogP contribution in [-0.4, -0.2) is 54.6 Å². The zero-order valence-corrected chi connectivity index (χ0v) is 18.3. The van der Waals surface area contributed by atoms with Crippen LogP contribution in [0.5, 0.6) is 11.5 Å². The van der Waals surface area contributed by atoms with Crippen LogP contribution in [0.4, 0.5) is 0 Å². The van der Waals surface area contributed by atoms with E-state index in [4.69, 9.17) is 14.2 Å². The molecule has 1 aromatic heterocycles. The molecule has 2 aromatic carbocycles. The fourth-order valence-electron chi connectivity index (χ4n) is 3.02. The molecule has 0 atom stereocenters.